The van der Waals surface area contributed by atoms with Crippen LogP contribution in [0.15, 0.2) is 72.8 Å². The molecule has 0 bridgehead atoms. The van der Waals surface area contributed by atoms with Crippen molar-refractivity contribution in [1.29, 1.82) is 0 Å². The maximum atomic E-state index is 2.21. The van der Waals surface area contributed by atoms with E-state index in [4.69, 9.17) is 0 Å². The van der Waals surface area contributed by atoms with Crippen LogP contribution in [0.5, 0.6) is 0 Å². The summed E-state index contributed by atoms with van der Waals surface area (Å²) in [4.78, 5) is 0. The zero-order chi connectivity index (χ0) is 11.9. The van der Waals surface area contributed by atoms with Gasteiger partial charge in [0.1, 0.15) is 0 Å². The summed E-state index contributed by atoms with van der Waals surface area (Å²) in [6, 6.07) is 26.0. The molecular weight excluding hydrogens is 296 g/mol. The van der Waals surface area contributed by atoms with Gasteiger partial charge in [-0.3, -0.25) is 0 Å². The number of benzene rings is 4. The Hall–Kier alpha value is -1.86. The fourth-order valence-electron chi connectivity index (χ4n) is 2.86. The summed E-state index contributed by atoms with van der Waals surface area (Å²) in [5.41, 5.74) is 0. The van der Waals surface area contributed by atoms with Gasteiger partial charge in [0.2, 0.25) is 0 Å². The highest BCUT2D eigenvalue weighted by molar-refractivity contribution is 8.93. The molecule has 0 spiro atoms. The van der Waals surface area contributed by atoms with E-state index in [1.54, 1.807) is 0 Å². The van der Waals surface area contributed by atoms with Crippen molar-refractivity contribution in [1.82, 2.24) is 0 Å². The molecule has 0 aliphatic carbocycles. The van der Waals surface area contributed by atoms with E-state index in [1.165, 1.54) is 32.3 Å². The molecule has 0 radical (unpaired) electrons. The highest BCUT2D eigenvalue weighted by Crippen LogP contribution is 2.34. The van der Waals surface area contributed by atoms with Gasteiger partial charge in [0.15, 0.2) is 0 Å². The van der Waals surface area contributed by atoms with Crippen LogP contribution in [0.25, 0.3) is 32.3 Å². The minimum Gasteiger partial charge on any atom is -0.114 e. The van der Waals surface area contributed by atoms with Crippen LogP contribution in [0.1, 0.15) is 0 Å². The lowest BCUT2D eigenvalue weighted by Gasteiger charge is -2.09. The second-order valence-electron chi connectivity index (χ2n) is 4.64. The first-order valence-corrected chi connectivity index (χ1v) is 6.23. The molecule has 0 unspecified atom stereocenters. The topological polar surface area (TPSA) is 0 Å². The Morgan fingerprint density at radius 3 is 0.632 bits per heavy atom. The van der Waals surface area contributed by atoms with Crippen LogP contribution in [0.2, 0.25) is 0 Å². The van der Waals surface area contributed by atoms with Gasteiger partial charge >= 0.3 is 0 Å². The monoisotopic (exact) mass is 308 g/mol. The Morgan fingerprint density at radius 1 is 0.316 bits per heavy atom. The SMILES string of the molecule is Br.c1ccc2c(c1)c1ccccc1c1ccccc21. The second kappa shape index (κ2) is 4.67. The van der Waals surface area contributed by atoms with E-state index in [1.807, 2.05) is 0 Å². The summed E-state index contributed by atoms with van der Waals surface area (Å²) >= 11 is 0. The van der Waals surface area contributed by atoms with E-state index in [2.05, 4.69) is 72.8 Å². The predicted octanol–water partition coefficient (Wildman–Crippen LogP) is 5.72. The Bertz CT molecular complexity index is 657. The molecule has 0 N–H and O–H groups in total. The largest absolute Gasteiger partial charge is 0.114 e. The van der Waals surface area contributed by atoms with Crippen molar-refractivity contribution in [2.45, 2.75) is 0 Å². The van der Waals surface area contributed by atoms with Crippen LogP contribution < -0.4 is 0 Å². The number of hydrogen-bond donors (Lipinski definition) is 0. The molecule has 0 aromatic heterocycles. The summed E-state index contributed by atoms with van der Waals surface area (Å²) in [5, 5.41) is 8.04. The molecule has 0 aliphatic heterocycles. The van der Waals surface area contributed by atoms with Gasteiger partial charge in [0, 0.05) is 0 Å². The molecule has 0 nitrogen and oxygen atoms in total. The average molecular weight is 309 g/mol. The molecule has 0 fully saturated rings. The predicted molar refractivity (Wildman–Crippen MR) is 89.3 cm³/mol. The summed E-state index contributed by atoms with van der Waals surface area (Å²) in [5.74, 6) is 0. The van der Waals surface area contributed by atoms with Crippen LogP contribution >= 0.6 is 17.0 Å². The van der Waals surface area contributed by atoms with Gasteiger partial charge in [-0.25, -0.2) is 0 Å². The van der Waals surface area contributed by atoms with Crippen molar-refractivity contribution in [2.75, 3.05) is 0 Å². The van der Waals surface area contributed by atoms with Crippen LogP contribution in [0.4, 0.5) is 0 Å². The third kappa shape index (κ3) is 1.73. The Balaban J connectivity index is 0.00000110. The quantitative estimate of drug-likeness (QED) is 0.364. The van der Waals surface area contributed by atoms with E-state index in [0.717, 1.165) is 0 Å². The zero-order valence-corrected chi connectivity index (χ0v) is 12.0. The van der Waals surface area contributed by atoms with Crippen molar-refractivity contribution in [3.8, 4) is 0 Å². The fourth-order valence-corrected chi connectivity index (χ4v) is 2.86. The molecule has 1 heteroatoms. The van der Waals surface area contributed by atoms with Crippen LogP contribution in [-0.2, 0) is 0 Å². The van der Waals surface area contributed by atoms with Gasteiger partial charge in [-0.2, -0.15) is 0 Å². The number of hydrogen-bond acceptors (Lipinski definition) is 0. The van der Waals surface area contributed by atoms with Crippen molar-refractivity contribution < 1.29 is 0 Å². The van der Waals surface area contributed by atoms with E-state index in [9.17, 15) is 0 Å². The van der Waals surface area contributed by atoms with Crippen LogP contribution in [0.3, 0.4) is 0 Å². The summed E-state index contributed by atoms with van der Waals surface area (Å²) in [6.07, 6.45) is 0. The summed E-state index contributed by atoms with van der Waals surface area (Å²) < 4.78 is 0. The molecule has 4 aromatic rings. The molecular formula is C18H13Br. The van der Waals surface area contributed by atoms with E-state index in [0.29, 0.717) is 0 Å². The molecule has 0 aliphatic rings. The molecule has 4 aromatic carbocycles. The summed E-state index contributed by atoms with van der Waals surface area (Å²) in [6.45, 7) is 0. The molecule has 19 heavy (non-hydrogen) atoms. The van der Waals surface area contributed by atoms with Gasteiger partial charge in [-0.05, 0) is 32.3 Å². The van der Waals surface area contributed by atoms with Gasteiger partial charge in [0.05, 0.1) is 0 Å². The standard InChI is InChI=1S/C18H12.BrH/c1-2-8-14-13(7-1)15-9-3-4-11-17(15)18-12-6-5-10-16(14)18;/h1-12H;1H. The van der Waals surface area contributed by atoms with Crippen molar-refractivity contribution in [2.24, 2.45) is 0 Å². The zero-order valence-electron chi connectivity index (χ0n) is 10.3. The molecule has 0 atom stereocenters. The fraction of sp³-hybridized carbons (Fsp3) is 0. The van der Waals surface area contributed by atoms with Crippen LogP contribution in [0, 0.1) is 0 Å². The lowest BCUT2D eigenvalue weighted by Crippen LogP contribution is -1.81. The first kappa shape index (κ1) is 12.2. The Kier molecular flexibility index (Phi) is 3.00. The Morgan fingerprint density at radius 2 is 0.474 bits per heavy atom. The molecule has 0 saturated carbocycles. The number of fused-ring (bicyclic) bond motifs is 6. The van der Waals surface area contributed by atoms with Crippen molar-refractivity contribution in [3.05, 3.63) is 72.8 Å². The normalized spacial score (nSPS) is 10.7. The lowest BCUT2D eigenvalue weighted by atomic mass is 9.95. The molecule has 4 rings (SSSR count). The van der Waals surface area contributed by atoms with Crippen molar-refractivity contribution in [3.63, 3.8) is 0 Å². The molecule has 0 heterocycles. The highest BCUT2D eigenvalue weighted by atomic mass is 79.9. The lowest BCUT2D eigenvalue weighted by molar-refractivity contribution is 1.77. The first-order valence-electron chi connectivity index (χ1n) is 6.23. The third-order valence-corrected chi connectivity index (χ3v) is 3.65. The molecule has 0 amide bonds. The van der Waals surface area contributed by atoms with E-state index in [-0.39, 0.29) is 17.0 Å². The van der Waals surface area contributed by atoms with Crippen LogP contribution in [-0.4, -0.2) is 0 Å². The van der Waals surface area contributed by atoms with Gasteiger partial charge in [0.25, 0.3) is 0 Å². The maximum absolute atomic E-state index is 2.21. The number of halogens is 1. The Labute approximate surface area is 122 Å². The first-order chi connectivity index (χ1) is 8.95. The van der Waals surface area contributed by atoms with E-state index >= 15 is 0 Å². The third-order valence-electron chi connectivity index (χ3n) is 3.65. The second-order valence-corrected chi connectivity index (χ2v) is 4.64. The van der Waals surface area contributed by atoms with Gasteiger partial charge in [-0.15, -0.1) is 17.0 Å². The highest BCUT2D eigenvalue weighted by Gasteiger charge is 2.06. The smallest absolute Gasteiger partial charge is 0.00990 e. The molecule has 0 saturated heterocycles. The van der Waals surface area contributed by atoms with E-state index < -0.39 is 0 Å². The average Bonchev–Trinajstić information content (AvgIpc) is 2.48. The van der Waals surface area contributed by atoms with Crippen molar-refractivity contribution >= 4 is 49.3 Å². The summed E-state index contributed by atoms with van der Waals surface area (Å²) in [7, 11) is 0. The van der Waals surface area contributed by atoms with Gasteiger partial charge in [-0.1, -0.05) is 72.8 Å². The van der Waals surface area contributed by atoms with Gasteiger partial charge < -0.3 is 0 Å². The minimum atomic E-state index is 0. The minimum absolute atomic E-state index is 0. The number of rotatable bonds is 0. The maximum Gasteiger partial charge on any atom is -0.00990 e. The molecule has 92 valence electrons.